The smallest absolute Gasteiger partial charge is 0.262 e. The molecule has 2 aromatic heterocycles. The van der Waals surface area contributed by atoms with Crippen LogP contribution < -0.4 is 5.56 Å². The molecule has 0 saturated carbocycles. The molecule has 0 aliphatic carbocycles. The van der Waals surface area contributed by atoms with E-state index >= 15 is 0 Å². The van der Waals surface area contributed by atoms with Gasteiger partial charge in [0, 0.05) is 7.05 Å². The standard InChI is InChI=1S/C12H14N4O2/c1-16-11-10(12(17)14-7-13-11)9(15-16)6-8-2-4-18-5-3-8/h6-7H,2-5H2,1H3,(H,13,14,17). The Morgan fingerprint density at radius 2 is 2.22 bits per heavy atom. The highest BCUT2D eigenvalue weighted by molar-refractivity contribution is 5.83. The zero-order valence-electron chi connectivity index (χ0n) is 10.1. The Balaban J connectivity index is 2.14. The van der Waals surface area contributed by atoms with Gasteiger partial charge >= 0.3 is 0 Å². The van der Waals surface area contributed by atoms with E-state index in [1.54, 1.807) is 11.7 Å². The Hall–Kier alpha value is -1.95. The van der Waals surface area contributed by atoms with Crippen LogP contribution in [0.25, 0.3) is 17.1 Å². The van der Waals surface area contributed by atoms with Crippen molar-refractivity contribution in [3.63, 3.8) is 0 Å². The average molecular weight is 246 g/mol. The van der Waals surface area contributed by atoms with Crippen LogP contribution in [0, 0.1) is 0 Å². The molecular weight excluding hydrogens is 232 g/mol. The molecule has 2 aromatic rings. The second-order valence-electron chi connectivity index (χ2n) is 4.35. The van der Waals surface area contributed by atoms with Gasteiger partial charge in [-0.25, -0.2) is 9.67 Å². The van der Waals surface area contributed by atoms with Crippen molar-refractivity contribution in [2.75, 3.05) is 13.2 Å². The summed E-state index contributed by atoms with van der Waals surface area (Å²) in [6.07, 6.45) is 5.19. The van der Waals surface area contributed by atoms with E-state index < -0.39 is 0 Å². The van der Waals surface area contributed by atoms with E-state index in [1.165, 1.54) is 11.9 Å². The van der Waals surface area contributed by atoms with Crippen molar-refractivity contribution in [1.82, 2.24) is 19.7 Å². The van der Waals surface area contributed by atoms with Gasteiger partial charge in [-0.3, -0.25) is 4.79 Å². The number of hydrogen-bond acceptors (Lipinski definition) is 4. The molecule has 1 aliphatic heterocycles. The predicted molar refractivity (Wildman–Crippen MR) is 67.2 cm³/mol. The number of nitrogens with zero attached hydrogens (tertiary/aromatic N) is 3. The van der Waals surface area contributed by atoms with E-state index in [-0.39, 0.29) is 5.56 Å². The zero-order valence-corrected chi connectivity index (χ0v) is 10.1. The van der Waals surface area contributed by atoms with Gasteiger partial charge in [-0.2, -0.15) is 5.10 Å². The lowest BCUT2D eigenvalue weighted by atomic mass is 10.1. The second-order valence-corrected chi connectivity index (χ2v) is 4.35. The van der Waals surface area contributed by atoms with Crippen LogP contribution in [0.15, 0.2) is 16.7 Å². The largest absolute Gasteiger partial charge is 0.381 e. The van der Waals surface area contributed by atoms with Crippen molar-refractivity contribution in [3.05, 3.63) is 27.9 Å². The quantitative estimate of drug-likeness (QED) is 0.809. The van der Waals surface area contributed by atoms with Crippen LogP contribution in [0.3, 0.4) is 0 Å². The molecule has 6 heteroatoms. The molecule has 0 unspecified atom stereocenters. The molecule has 1 saturated heterocycles. The lowest BCUT2D eigenvalue weighted by Gasteiger charge is -2.13. The summed E-state index contributed by atoms with van der Waals surface area (Å²) in [7, 11) is 1.79. The molecule has 6 nitrogen and oxygen atoms in total. The Morgan fingerprint density at radius 3 is 3.00 bits per heavy atom. The lowest BCUT2D eigenvalue weighted by Crippen LogP contribution is -2.08. The summed E-state index contributed by atoms with van der Waals surface area (Å²) in [6, 6.07) is 0. The highest BCUT2D eigenvalue weighted by atomic mass is 16.5. The first-order valence-electron chi connectivity index (χ1n) is 5.93. The number of H-pyrrole nitrogens is 1. The molecule has 1 N–H and O–H groups in total. The fourth-order valence-corrected chi connectivity index (χ4v) is 2.20. The summed E-state index contributed by atoms with van der Waals surface area (Å²) < 4.78 is 6.94. The molecule has 0 spiro atoms. The zero-order chi connectivity index (χ0) is 12.5. The number of fused-ring (bicyclic) bond motifs is 1. The van der Waals surface area contributed by atoms with Gasteiger partial charge < -0.3 is 9.72 Å². The third kappa shape index (κ3) is 1.84. The van der Waals surface area contributed by atoms with Gasteiger partial charge in [-0.15, -0.1) is 0 Å². The molecule has 3 heterocycles. The highest BCUT2D eigenvalue weighted by Gasteiger charge is 2.13. The summed E-state index contributed by atoms with van der Waals surface area (Å²) >= 11 is 0. The van der Waals surface area contributed by atoms with Gasteiger partial charge in [0.1, 0.15) is 11.1 Å². The maximum atomic E-state index is 11.9. The minimum atomic E-state index is -0.146. The molecule has 1 aliphatic rings. The SMILES string of the molecule is Cn1nc(C=C2CCOCC2)c2c(=O)[nH]cnc21. The summed E-state index contributed by atoms with van der Waals surface area (Å²) in [5.74, 6) is 0. The third-order valence-electron chi connectivity index (χ3n) is 3.13. The van der Waals surface area contributed by atoms with Gasteiger partial charge in [0.25, 0.3) is 5.56 Å². The van der Waals surface area contributed by atoms with Crippen molar-refractivity contribution in [1.29, 1.82) is 0 Å². The number of rotatable bonds is 1. The third-order valence-corrected chi connectivity index (χ3v) is 3.13. The first-order valence-corrected chi connectivity index (χ1v) is 5.93. The van der Waals surface area contributed by atoms with E-state index in [0.717, 1.165) is 26.1 Å². The number of ether oxygens (including phenoxy) is 1. The topological polar surface area (TPSA) is 72.8 Å². The summed E-state index contributed by atoms with van der Waals surface area (Å²) in [4.78, 5) is 18.6. The number of aromatic amines is 1. The van der Waals surface area contributed by atoms with Crippen LogP contribution in [0.1, 0.15) is 18.5 Å². The molecule has 1 fully saturated rings. The first kappa shape index (κ1) is 11.2. The highest BCUT2D eigenvalue weighted by Crippen LogP contribution is 2.19. The molecule has 94 valence electrons. The molecule has 18 heavy (non-hydrogen) atoms. The number of hydrogen-bond donors (Lipinski definition) is 1. The Morgan fingerprint density at radius 1 is 1.44 bits per heavy atom. The average Bonchev–Trinajstić information content (AvgIpc) is 2.69. The molecule has 0 radical (unpaired) electrons. The van der Waals surface area contributed by atoms with Crippen LogP contribution in [0.2, 0.25) is 0 Å². The van der Waals surface area contributed by atoms with Gasteiger partial charge in [-0.05, 0) is 18.9 Å². The fourth-order valence-electron chi connectivity index (χ4n) is 2.20. The Bertz CT molecular complexity index is 660. The monoisotopic (exact) mass is 246 g/mol. The van der Waals surface area contributed by atoms with Gasteiger partial charge in [0.05, 0.1) is 19.5 Å². The number of aromatic nitrogens is 4. The normalized spacial score (nSPS) is 16.2. The molecule has 0 atom stereocenters. The lowest BCUT2D eigenvalue weighted by molar-refractivity contribution is 0.119. The van der Waals surface area contributed by atoms with Crippen LogP contribution in [0.5, 0.6) is 0 Å². The maximum Gasteiger partial charge on any atom is 0.262 e. The van der Waals surface area contributed by atoms with Crippen LogP contribution in [-0.4, -0.2) is 33.0 Å². The van der Waals surface area contributed by atoms with Gasteiger partial charge in [0.2, 0.25) is 0 Å². The van der Waals surface area contributed by atoms with E-state index in [2.05, 4.69) is 15.1 Å². The summed E-state index contributed by atoms with van der Waals surface area (Å²) in [5.41, 5.74) is 2.42. The second kappa shape index (κ2) is 4.38. The van der Waals surface area contributed by atoms with Crippen molar-refractivity contribution < 1.29 is 4.74 Å². The van der Waals surface area contributed by atoms with Crippen LogP contribution in [0.4, 0.5) is 0 Å². The maximum absolute atomic E-state index is 11.9. The minimum Gasteiger partial charge on any atom is -0.381 e. The van der Waals surface area contributed by atoms with E-state index in [9.17, 15) is 4.79 Å². The van der Waals surface area contributed by atoms with E-state index in [4.69, 9.17) is 4.74 Å². The number of aryl methyl sites for hydroxylation is 1. The summed E-state index contributed by atoms with van der Waals surface area (Å²) in [5, 5.41) is 4.92. The molecule has 3 rings (SSSR count). The van der Waals surface area contributed by atoms with Crippen molar-refractivity contribution in [2.24, 2.45) is 7.05 Å². The van der Waals surface area contributed by atoms with Crippen LogP contribution in [-0.2, 0) is 11.8 Å². The predicted octanol–water partition coefficient (Wildman–Crippen LogP) is 0.850. The molecule has 0 bridgehead atoms. The fraction of sp³-hybridized carbons (Fsp3) is 0.417. The van der Waals surface area contributed by atoms with E-state index in [0.29, 0.717) is 16.7 Å². The van der Waals surface area contributed by atoms with Crippen molar-refractivity contribution in [3.8, 4) is 0 Å². The van der Waals surface area contributed by atoms with Gasteiger partial charge in [-0.1, -0.05) is 5.57 Å². The van der Waals surface area contributed by atoms with Gasteiger partial charge in [0.15, 0.2) is 5.65 Å². The van der Waals surface area contributed by atoms with Crippen LogP contribution >= 0.6 is 0 Å². The minimum absolute atomic E-state index is 0.146. The molecule has 0 aromatic carbocycles. The van der Waals surface area contributed by atoms with Crippen molar-refractivity contribution >= 4 is 17.1 Å². The number of nitrogens with one attached hydrogen (secondary N) is 1. The Kier molecular flexibility index (Phi) is 2.71. The van der Waals surface area contributed by atoms with E-state index in [1.807, 2.05) is 6.08 Å². The Labute approximate surface area is 103 Å². The summed E-state index contributed by atoms with van der Waals surface area (Å²) in [6.45, 7) is 1.48. The molecular formula is C12H14N4O2. The molecule has 0 amide bonds. The first-order chi connectivity index (χ1) is 8.75. The van der Waals surface area contributed by atoms with Crippen molar-refractivity contribution in [2.45, 2.75) is 12.8 Å².